The fraction of sp³-hybridized carbons (Fsp3) is 0.0500. The summed E-state index contributed by atoms with van der Waals surface area (Å²) in [4.78, 5) is 28.3. The number of nitrogens with one attached hydrogen (secondary N) is 2. The van der Waals surface area contributed by atoms with Crippen molar-refractivity contribution in [2.45, 2.75) is 0 Å². The van der Waals surface area contributed by atoms with Gasteiger partial charge in [-0.15, -0.1) is 0 Å². The Morgan fingerprint density at radius 1 is 0.964 bits per heavy atom. The molecule has 3 aromatic rings. The van der Waals surface area contributed by atoms with Crippen LogP contribution < -0.4 is 10.6 Å². The number of aromatic nitrogens is 1. The van der Waals surface area contributed by atoms with E-state index >= 15 is 0 Å². The highest BCUT2D eigenvalue weighted by Crippen LogP contribution is 2.21. The number of nitrogens with zero attached hydrogens (tertiary/aromatic N) is 1. The predicted molar refractivity (Wildman–Crippen MR) is 99.6 cm³/mol. The number of anilines is 3. The summed E-state index contributed by atoms with van der Waals surface area (Å²) >= 11 is 0. The van der Waals surface area contributed by atoms with Crippen molar-refractivity contribution in [3.8, 4) is 0 Å². The molecule has 1 heterocycles. The molecule has 0 fully saturated rings. The first-order valence-corrected chi connectivity index (χ1v) is 8.14. The molecule has 8 heteroatoms. The van der Waals surface area contributed by atoms with Crippen LogP contribution in [0.15, 0.2) is 60.9 Å². The minimum absolute atomic E-state index is 0.201. The molecule has 28 heavy (non-hydrogen) atoms. The maximum atomic E-state index is 13.3. The number of hydrogen-bond acceptors (Lipinski definition) is 5. The van der Waals surface area contributed by atoms with E-state index in [0.29, 0.717) is 17.1 Å². The number of rotatable bonds is 5. The lowest BCUT2D eigenvalue weighted by Gasteiger charge is -2.11. The number of methoxy groups -OCH3 is 1. The number of pyridine rings is 1. The maximum Gasteiger partial charge on any atom is 0.339 e. The van der Waals surface area contributed by atoms with Crippen molar-refractivity contribution in [3.63, 3.8) is 0 Å². The van der Waals surface area contributed by atoms with E-state index in [9.17, 15) is 18.4 Å². The Morgan fingerprint density at radius 3 is 2.50 bits per heavy atom. The minimum Gasteiger partial charge on any atom is -0.465 e. The first-order chi connectivity index (χ1) is 13.5. The van der Waals surface area contributed by atoms with Crippen LogP contribution in [0.1, 0.15) is 20.7 Å². The summed E-state index contributed by atoms with van der Waals surface area (Å²) in [6.07, 6.45) is 2.77. The molecule has 0 bridgehead atoms. The third kappa shape index (κ3) is 4.29. The van der Waals surface area contributed by atoms with Crippen LogP contribution in [0.4, 0.5) is 25.8 Å². The molecule has 0 aliphatic rings. The van der Waals surface area contributed by atoms with Crippen LogP contribution in [0.2, 0.25) is 0 Å². The largest absolute Gasteiger partial charge is 0.465 e. The SMILES string of the molecule is COC(=O)c1ccccc1NC(=O)c1cncc(Nc2ccc(F)c(F)c2)c1. The Kier molecular flexibility index (Phi) is 5.59. The number of benzene rings is 2. The molecule has 0 atom stereocenters. The van der Waals surface area contributed by atoms with E-state index in [1.807, 2.05) is 0 Å². The zero-order chi connectivity index (χ0) is 20.1. The third-order valence-electron chi connectivity index (χ3n) is 3.79. The summed E-state index contributed by atoms with van der Waals surface area (Å²) in [5, 5.41) is 5.48. The number of para-hydroxylation sites is 1. The molecule has 0 unspecified atom stereocenters. The van der Waals surface area contributed by atoms with Gasteiger partial charge in [-0.1, -0.05) is 12.1 Å². The lowest BCUT2D eigenvalue weighted by Crippen LogP contribution is -2.15. The van der Waals surface area contributed by atoms with Crippen LogP contribution in [-0.2, 0) is 4.74 Å². The fourth-order valence-corrected chi connectivity index (χ4v) is 2.45. The molecule has 2 aromatic carbocycles. The summed E-state index contributed by atoms with van der Waals surface area (Å²) in [5.41, 5.74) is 1.40. The number of ether oxygens (including phenoxy) is 1. The smallest absolute Gasteiger partial charge is 0.339 e. The minimum atomic E-state index is -0.994. The summed E-state index contributed by atoms with van der Waals surface area (Å²) in [6, 6.07) is 11.3. The van der Waals surface area contributed by atoms with Crippen LogP contribution in [0.3, 0.4) is 0 Å². The topological polar surface area (TPSA) is 80.3 Å². The van der Waals surface area contributed by atoms with Crippen molar-refractivity contribution in [2.75, 3.05) is 17.7 Å². The van der Waals surface area contributed by atoms with Crippen LogP contribution in [0.5, 0.6) is 0 Å². The molecule has 0 aliphatic heterocycles. The lowest BCUT2D eigenvalue weighted by molar-refractivity contribution is 0.0602. The molecular formula is C20H15F2N3O3. The molecule has 2 N–H and O–H groups in total. The predicted octanol–water partition coefficient (Wildman–Crippen LogP) is 4.14. The normalized spacial score (nSPS) is 10.2. The molecule has 0 saturated heterocycles. The van der Waals surface area contributed by atoms with Crippen molar-refractivity contribution in [1.82, 2.24) is 4.98 Å². The fourth-order valence-electron chi connectivity index (χ4n) is 2.45. The molecule has 0 saturated carbocycles. The standard InChI is InChI=1S/C20H15F2N3O3/c1-28-20(27)15-4-2-3-5-18(15)25-19(26)12-8-14(11-23-10-12)24-13-6-7-16(21)17(22)9-13/h2-11,24H,1H3,(H,25,26). The number of esters is 1. The Morgan fingerprint density at radius 2 is 1.75 bits per heavy atom. The Bertz CT molecular complexity index is 1040. The van der Waals surface area contributed by atoms with E-state index in [1.54, 1.807) is 18.2 Å². The molecule has 0 radical (unpaired) electrons. The zero-order valence-electron chi connectivity index (χ0n) is 14.7. The molecular weight excluding hydrogens is 368 g/mol. The van der Waals surface area contributed by atoms with Crippen LogP contribution in [0.25, 0.3) is 0 Å². The average Bonchev–Trinajstić information content (AvgIpc) is 2.71. The lowest BCUT2D eigenvalue weighted by atomic mass is 10.1. The second kappa shape index (κ2) is 8.26. The van der Waals surface area contributed by atoms with Crippen LogP contribution >= 0.6 is 0 Å². The molecule has 142 valence electrons. The first-order valence-electron chi connectivity index (χ1n) is 8.14. The maximum absolute atomic E-state index is 13.3. The van der Waals surface area contributed by atoms with Gasteiger partial charge in [0.25, 0.3) is 5.91 Å². The van der Waals surface area contributed by atoms with Gasteiger partial charge in [-0.25, -0.2) is 13.6 Å². The second-order valence-electron chi connectivity index (χ2n) is 5.71. The van der Waals surface area contributed by atoms with E-state index in [-0.39, 0.29) is 11.1 Å². The second-order valence-corrected chi connectivity index (χ2v) is 5.71. The van der Waals surface area contributed by atoms with Crippen molar-refractivity contribution < 1.29 is 23.1 Å². The monoisotopic (exact) mass is 383 g/mol. The number of hydrogen-bond donors (Lipinski definition) is 2. The summed E-state index contributed by atoms with van der Waals surface area (Å²) in [6.45, 7) is 0. The summed E-state index contributed by atoms with van der Waals surface area (Å²) in [5.74, 6) is -3.03. The van der Waals surface area contributed by atoms with Crippen LogP contribution in [0, 0.1) is 11.6 Å². The highest BCUT2D eigenvalue weighted by Gasteiger charge is 2.15. The molecule has 1 amide bonds. The van der Waals surface area contributed by atoms with Crippen molar-refractivity contribution in [2.24, 2.45) is 0 Å². The van der Waals surface area contributed by atoms with Gasteiger partial charge in [-0.2, -0.15) is 0 Å². The van der Waals surface area contributed by atoms with Gasteiger partial charge >= 0.3 is 5.97 Å². The molecule has 0 spiro atoms. The van der Waals surface area contributed by atoms with Gasteiger partial charge in [0.1, 0.15) is 0 Å². The summed E-state index contributed by atoms with van der Waals surface area (Å²) in [7, 11) is 1.25. The van der Waals surface area contributed by atoms with Gasteiger partial charge in [-0.3, -0.25) is 9.78 Å². The Hall–Kier alpha value is -3.81. The molecule has 1 aromatic heterocycles. The number of carbonyl (C=O) groups excluding carboxylic acids is 2. The highest BCUT2D eigenvalue weighted by molar-refractivity contribution is 6.08. The van der Waals surface area contributed by atoms with Crippen LogP contribution in [-0.4, -0.2) is 24.0 Å². The zero-order valence-corrected chi connectivity index (χ0v) is 14.7. The van der Waals surface area contributed by atoms with Gasteiger partial charge in [0, 0.05) is 18.0 Å². The Balaban J connectivity index is 1.79. The van der Waals surface area contributed by atoms with Crippen molar-refractivity contribution in [3.05, 3.63) is 83.7 Å². The van der Waals surface area contributed by atoms with E-state index in [0.717, 1.165) is 12.1 Å². The number of amides is 1. The van der Waals surface area contributed by atoms with E-state index in [1.165, 1.54) is 37.7 Å². The Labute approximate surface area is 159 Å². The third-order valence-corrected chi connectivity index (χ3v) is 3.79. The van der Waals surface area contributed by atoms with E-state index in [2.05, 4.69) is 15.6 Å². The van der Waals surface area contributed by atoms with Gasteiger partial charge in [0.05, 0.1) is 35.8 Å². The van der Waals surface area contributed by atoms with Crippen molar-refractivity contribution >= 4 is 28.9 Å². The molecule has 3 rings (SSSR count). The average molecular weight is 383 g/mol. The number of carbonyl (C=O) groups is 2. The van der Waals surface area contributed by atoms with Gasteiger partial charge in [-0.05, 0) is 30.3 Å². The highest BCUT2D eigenvalue weighted by atomic mass is 19.2. The van der Waals surface area contributed by atoms with Crippen molar-refractivity contribution in [1.29, 1.82) is 0 Å². The van der Waals surface area contributed by atoms with Gasteiger partial charge in [0.2, 0.25) is 0 Å². The van der Waals surface area contributed by atoms with Gasteiger partial charge in [0.15, 0.2) is 11.6 Å². The van der Waals surface area contributed by atoms with E-state index < -0.39 is 23.5 Å². The molecule has 0 aliphatic carbocycles. The summed E-state index contributed by atoms with van der Waals surface area (Å²) < 4.78 is 31.1. The van der Waals surface area contributed by atoms with Gasteiger partial charge < -0.3 is 15.4 Å². The molecule has 6 nitrogen and oxygen atoms in total. The van der Waals surface area contributed by atoms with E-state index in [4.69, 9.17) is 4.74 Å². The quantitative estimate of drug-likeness (QED) is 0.647. The first kappa shape index (κ1) is 19.0. The number of halogens is 2.